The van der Waals surface area contributed by atoms with Gasteiger partial charge in [-0.15, -0.1) is 0 Å². The zero-order chi connectivity index (χ0) is 26.3. The van der Waals surface area contributed by atoms with Crippen LogP contribution in [-0.4, -0.2) is 29.4 Å². The number of anilines is 1. The lowest BCUT2D eigenvalue weighted by molar-refractivity contribution is -0.127. The van der Waals surface area contributed by atoms with Crippen molar-refractivity contribution < 1.29 is 23.2 Å². The Morgan fingerprint density at radius 2 is 1.46 bits per heavy atom. The number of carbonyl (C=O) groups excluding carboxylic acids is 3. The van der Waals surface area contributed by atoms with E-state index in [1.54, 1.807) is 75.4 Å². The van der Waals surface area contributed by atoms with Crippen molar-refractivity contribution in [1.29, 1.82) is 0 Å². The minimum Gasteiger partial charge on any atom is -0.352 e. The van der Waals surface area contributed by atoms with Crippen LogP contribution in [0.3, 0.4) is 0 Å². The van der Waals surface area contributed by atoms with Gasteiger partial charge in [0.1, 0.15) is 17.0 Å². The summed E-state index contributed by atoms with van der Waals surface area (Å²) in [5.41, 5.74) is -0.146. The molecule has 1 saturated heterocycles. The highest BCUT2D eigenvalue weighted by atomic mass is 19.1. The van der Waals surface area contributed by atoms with E-state index in [9.17, 15) is 23.2 Å². The maximum absolute atomic E-state index is 14.4. The molecule has 0 aromatic heterocycles. The number of benzene rings is 3. The number of hydrogen-bond acceptors (Lipinski definition) is 4. The quantitative estimate of drug-likeness (QED) is 0.407. The van der Waals surface area contributed by atoms with Crippen molar-refractivity contribution in [2.45, 2.75) is 38.8 Å². The van der Waals surface area contributed by atoms with Crippen LogP contribution in [0.25, 0.3) is 6.08 Å². The van der Waals surface area contributed by atoms with Crippen molar-refractivity contribution in [2.24, 2.45) is 10.8 Å². The normalized spacial score (nSPS) is 23.3. The third-order valence-corrected chi connectivity index (χ3v) is 8.00. The first-order valence-electron chi connectivity index (χ1n) is 12.3. The summed E-state index contributed by atoms with van der Waals surface area (Å²) in [6.45, 7) is 5.40. The molecule has 4 nitrogen and oxygen atoms in total. The van der Waals surface area contributed by atoms with E-state index >= 15 is 0 Å². The number of halogens is 2. The van der Waals surface area contributed by atoms with E-state index in [0.717, 1.165) is 0 Å². The Bertz CT molecular complexity index is 1480. The topological polar surface area (TPSA) is 54.5 Å². The van der Waals surface area contributed by atoms with Gasteiger partial charge in [-0.2, -0.15) is 0 Å². The number of fused-ring (bicyclic) bond motifs is 5. The van der Waals surface area contributed by atoms with E-state index in [1.807, 2.05) is 4.90 Å². The standard InChI is InChI=1S/C31H25F2NO3/c1-30(2,3)29(37)26-25(17-8-11-19(32)12-9-17)31(27(35)21-6-4-5-7-22(21)28(31)36)24-15-10-18-16-20(33)13-14-23(18)34(24)26/h4-16,24-26H,1-3H3/t24-,25+,26-/m0/s1. The largest absolute Gasteiger partial charge is 0.352 e. The average molecular weight is 498 g/mol. The molecular formula is C31H25F2NO3. The zero-order valence-electron chi connectivity index (χ0n) is 20.7. The molecule has 0 radical (unpaired) electrons. The van der Waals surface area contributed by atoms with E-state index in [1.165, 1.54) is 24.3 Å². The summed E-state index contributed by atoms with van der Waals surface area (Å²) in [6, 6.07) is 15.0. The van der Waals surface area contributed by atoms with Crippen LogP contribution in [0, 0.1) is 22.5 Å². The monoisotopic (exact) mass is 497 g/mol. The summed E-state index contributed by atoms with van der Waals surface area (Å²) in [6.07, 6.45) is 3.46. The van der Waals surface area contributed by atoms with Crippen molar-refractivity contribution in [3.05, 3.63) is 107 Å². The van der Waals surface area contributed by atoms with E-state index in [0.29, 0.717) is 27.9 Å². The first-order chi connectivity index (χ1) is 17.6. The van der Waals surface area contributed by atoms with Gasteiger partial charge < -0.3 is 4.90 Å². The highest BCUT2D eigenvalue weighted by Gasteiger charge is 2.71. The molecule has 6 rings (SSSR count). The number of ketones is 3. The molecule has 2 aliphatic heterocycles. The summed E-state index contributed by atoms with van der Waals surface area (Å²) in [5, 5.41) is 0. The molecule has 0 saturated carbocycles. The van der Waals surface area contributed by atoms with Gasteiger partial charge in [-0.05, 0) is 35.9 Å². The number of Topliss-reactive ketones (excluding diaryl/α,β-unsaturated/α-hetero) is 3. The molecular weight excluding hydrogens is 472 g/mol. The molecule has 3 atom stereocenters. The second kappa shape index (κ2) is 7.78. The zero-order valence-corrected chi connectivity index (χ0v) is 20.7. The van der Waals surface area contributed by atoms with Gasteiger partial charge in [0.15, 0.2) is 17.3 Å². The van der Waals surface area contributed by atoms with Crippen LogP contribution in [0.2, 0.25) is 0 Å². The van der Waals surface area contributed by atoms with Gasteiger partial charge in [0, 0.05) is 33.7 Å². The van der Waals surface area contributed by atoms with Gasteiger partial charge in [-0.3, -0.25) is 14.4 Å². The van der Waals surface area contributed by atoms with Gasteiger partial charge in [0.05, 0.1) is 12.1 Å². The fourth-order valence-electron chi connectivity index (χ4n) is 6.43. The molecule has 6 heteroatoms. The molecule has 1 spiro atoms. The predicted octanol–water partition coefficient (Wildman–Crippen LogP) is 6.01. The van der Waals surface area contributed by atoms with Gasteiger partial charge in [-0.25, -0.2) is 8.78 Å². The number of hydrogen-bond donors (Lipinski definition) is 0. The van der Waals surface area contributed by atoms with Crippen molar-refractivity contribution in [3.8, 4) is 0 Å². The van der Waals surface area contributed by atoms with Crippen LogP contribution in [0.15, 0.2) is 72.8 Å². The lowest BCUT2D eigenvalue weighted by Gasteiger charge is -2.38. The first-order valence-corrected chi connectivity index (χ1v) is 12.3. The van der Waals surface area contributed by atoms with E-state index in [2.05, 4.69) is 0 Å². The number of rotatable bonds is 2. The minimum atomic E-state index is -1.64. The van der Waals surface area contributed by atoms with Crippen molar-refractivity contribution in [1.82, 2.24) is 0 Å². The second-order valence-electron chi connectivity index (χ2n) is 11.1. The second-order valence-corrected chi connectivity index (χ2v) is 11.1. The van der Waals surface area contributed by atoms with E-state index < -0.39 is 40.5 Å². The Morgan fingerprint density at radius 3 is 2.05 bits per heavy atom. The molecule has 0 amide bonds. The Kier molecular flexibility index (Phi) is 4.94. The molecule has 3 aromatic rings. The molecule has 1 aliphatic carbocycles. The lowest BCUT2D eigenvalue weighted by atomic mass is 9.63. The van der Waals surface area contributed by atoms with Gasteiger partial charge in [0.25, 0.3) is 0 Å². The number of carbonyl (C=O) groups is 3. The summed E-state index contributed by atoms with van der Waals surface area (Å²) < 4.78 is 28.2. The van der Waals surface area contributed by atoms with Gasteiger partial charge >= 0.3 is 0 Å². The summed E-state index contributed by atoms with van der Waals surface area (Å²) in [7, 11) is 0. The Morgan fingerprint density at radius 1 is 0.865 bits per heavy atom. The van der Waals surface area contributed by atoms with Crippen LogP contribution in [-0.2, 0) is 4.79 Å². The fourth-order valence-corrected chi connectivity index (χ4v) is 6.43. The Balaban J connectivity index is 1.70. The molecule has 0 N–H and O–H groups in total. The third-order valence-electron chi connectivity index (χ3n) is 8.00. The molecule has 37 heavy (non-hydrogen) atoms. The van der Waals surface area contributed by atoms with E-state index in [4.69, 9.17) is 0 Å². The molecule has 0 bridgehead atoms. The molecule has 0 unspecified atom stereocenters. The summed E-state index contributed by atoms with van der Waals surface area (Å²) >= 11 is 0. The number of nitrogens with zero attached hydrogens (tertiary/aromatic N) is 1. The first kappa shape index (κ1) is 23.5. The third kappa shape index (κ3) is 3.08. The molecule has 3 aliphatic rings. The molecule has 186 valence electrons. The minimum absolute atomic E-state index is 0.161. The predicted molar refractivity (Wildman–Crippen MR) is 137 cm³/mol. The fraction of sp³-hybridized carbons (Fsp3) is 0.258. The van der Waals surface area contributed by atoms with Crippen molar-refractivity contribution in [3.63, 3.8) is 0 Å². The lowest BCUT2D eigenvalue weighted by Crippen LogP contribution is -2.49. The van der Waals surface area contributed by atoms with Crippen LogP contribution in [0.1, 0.15) is 58.5 Å². The Hall–Kier alpha value is -3.93. The molecule has 1 fully saturated rings. The Labute approximate surface area is 213 Å². The van der Waals surface area contributed by atoms with Gasteiger partial charge in [-0.1, -0.05) is 69.3 Å². The van der Waals surface area contributed by atoms with Crippen molar-refractivity contribution in [2.75, 3.05) is 4.90 Å². The average Bonchev–Trinajstić information content (AvgIpc) is 3.29. The van der Waals surface area contributed by atoms with Crippen molar-refractivity contribution >= 4 is 29.1 Å². The van der Waals surface area contributed by atoms with Crippen LogP contribution in [0.5, 0.6) is 0 Å². The molecule has 3 aromatic carbocycles. The van der Waals surface area contributed by atoms with Crippen LogP contribution in [0.4, 0.5) is 14.5 Å². The maximum atomic E-state index is 14.4. The smallest absolute Gasteiger partial charge is 0.180 e. The highest BCUT2D eigenvalue weighted by Crippen LogP contribution is 2.61. The van der Waals surface area contributed by atoms with Gasteiger partial charge in [0.2, 0.25) is 0 Å². The summed E-state index contributed by atoms with van der Waals surface area (Å²) in [5.74, 6) is -2.64. The van der Waals surface area contributed by atoms with Crippen LogP contribution >= 0.6 is 0 Å². The maximum Gasteiger partial charge on any atom is 0.180 e. The summed E-state index contributed by atoms with van der Waals surface area (Å²) in [4.78, 5) is 44.9. The highest BCUT2D eigenvalue weighted by molar-refractivity contribution is 6.32. The molecule has 2 heterocycles. The van der Waals surface area contributed by atoms with E-state index in [-0.39, 0.29) is 17.3 Å². The SMILES string of the molecule is CC(C)(C)C(=O)[C@@H]1[C@@H](c2ccc(F)cc2)C2(C(=O)c3ccccc3C2=O)[C@@H]2C=Cc3cc(F)ccc3N12. The van der Waals surface area contributed by atoms with Crippen LogP contribution < -0.4 is 4.90 Å².